The number of fused-ring (bicyclic) bond motifs is 2. The van der Waals surface area contributed by atoms with Crippen molar-refractivity contribution < 1.29 is 9.53 Å². The van der Waals surface area contributed by atoms with Gasteiger partial charge in [0.15, 0.2) is 0 Å². The summed E-state index contributed by atoms with van der Waals surface area (Å²) in [7, 11) is 0. The number of carbonyl (C=O) groups excluding carboxylic acids is 1. The summed E-state index contributed by atoms with van der Waals surface area (Å²) in [5.74, 6) is 1.15. The maximum atomic E-state index is 13.8. The average molecular weight is 555 g/mol. The van der Waals surface area contributed by atoms with Gasteiger partial charge in [0.05, 0.1) is 18.9 Å². The number of hydrogen-bond donors (Lipinski definition) is 1. The van der Waals surface area contributed by atoms with Crippen molar-refractivity contribution in [3.05, 3.63) is 65.7 Å². The van der Waals surface area contributed by atoms with Crippen LogP contribution in [0.2, 0.25) is 0 Å². The summed E-state index contributed by atoms with van der Waals surface area (Å²) in [6.07, 6.45) is 8.14. The zero-order valence-electron chi connectivity index (χ0n) is 22.6. The highest BCUT2D eigenvalue weighted by Gasteiger charge is 2.45. The van der Waals surface area contributed by atoms with E-state index in [1.165, 1.54) is 43.6 Å². The van der Waals surface area contributed by atoms with Gasteiger partial charge in [0.25, 0.3) is 0 Å². The quantitative estimate of drug-likeness (QED) is 0.311. The number of nitrogens with one attached hydrogen (secondary N) is 1. The second-order valence-corrected chi connectivity index (χ2v) is 12.5. The van der Waals surface area contributed by atoms with E-state index >= 15 is 0 Å². The van der Waals surface area contributed by atoms with Crippen molar-refractivity contribution in [3.63, 3.8) is 0 Å². The van der Waals surface area contributed by atoms with Crippen LogP contribution in [0.3, 0.4) is 0 Å². The van der Waals surface area contributed by atoms with Crippen LogP contribution in [0.5, 0.6) is 0 Å². The molecular formula is C30H42N4O2S2. The maximum Gasteiger partial charge on any atom is 0.242 e. The van der Waals surface area contributed by atoms with Crippen LogP contribution in [-0.2, 0) is 21.6 Å². The Hall–Kier alpha value is -1.71. The molecule has 2 saturated heterocycles. The molecule has 0 saturated carbocycles. The second kappa shape index (κ2) is 13.6. The first-order valence-corrected chi connectivity index (χ1v) is 16.3. The molecule has 0 aliphatic carbocycles. The van der Waals surface area contributed by atoms with Crippen molar-refractivity contribution in [2.24, 2.45) is 0 Å². The highest BCUT2D eigenvalue weighted by atomic mass is 32.2. The smallest absolute Gasteiger partial charge is 0.242 e. The molecule has 5 rings (SSSR count). The molecule has 1 spiro atoms. The van der Waals surface area contributed by atoms with E-state index in [1.807, 2.05) is 18.2 Å². The zero-order valence-corrected chi connectivity index (χ0v) is 24.3. The Balaban J connectivity index is 1.17. The minimum atomic E-state index is -0.335. The molecular weight excluding hydrogens is 512 g/mol. The Labute approximate surface area is 237 Å². The number of ether oxygens (including phenoxy) is 1. The lowest BCUT2D eigenvalue weighted by atomic mass is 9.74. The molecule has 3 aliphatic heterocycles. The van der Waals surface area contributed by atoms with Crippen LogP contribution in [0.15, 0.2) is 54.6 Å². The Morgan fingerprint density at radius 1 is 1.00 bits per heavy atom. The number of benzene rings is 2. The standard InChI is InChI=1S/C30H42N4O2S2/c1-37-34-24-30(26-12-6-7-13-28(26)34)14-18-33(19-15-30)29(35)27(23-36-22-25-10-4-2-5-11-25)31-38-21-20-32-16-8-3-9-17-32/h2,4-7,10-13,27,31H,3,8-9,14-24H2,1H3. The number of hydrogen-bond acceptors (Lipinski definition) is 7. The summed E-state index contributed by atoms with van der Waals surface area (Å²) >= 11 is 3.48. The van der Waals surface area contributed by atoms with Crippen LogP contribution < -0.4 is 9.03 Å². The topological polar surface area (TPSA) is 48.1 Å². The van der Waals surface area contributed by atoms with Crippen LogP contribution in [0.1, 0.15) is 43.2 Å². The number of likely N-dealkylation sites (tertiary alicyclic amines) is 2. The molecule has 6 nitrogen and oxygen atoms in total. The van der Waals surface area contributed by atoms with Gasteiger partial charge in [-0.1, -0.05) is 78.8 Å². The summed E-state index contributed by atoms with van der Waals surface area (Å²) < 4.78 is 12.0. The lowest BCUT2D eigenvalue weighted by Crippen LogP contribution is -2.52. The maximum absolute atomic E-state index is 13.8. The van der Waals surface area contributed by atoms with E-state index in [-0.39, 0.29) is 17.4 Å². The first kappa shape index (κ1) is 27.8. The van der Waals surface area contributed by atoms with Gasteiger partial charge in [0.2, 0.25) is 5.91 Å². The summed E-state index contributed by atoms with van der Waals surface area (Å²) in [5.41, 5.74) is 4.08. The molecule has 2 aromatic carbocycles. The molecule has 3 aliphatic rings. The molecule has 1 amide bonds. The second-order valence-electron chi connectivity index (χ2n) is 10.8. The largest absolute Gasteiger partial charge is 0.375 e. The van der Waals surface area contributed by atoms with Gasteiger partial charge in [-0.2, -0.15) is 0 Å². The number of rotatable bonds is 11. The van der Waals surface area contributed by atoms with Gasteiger partial charge >= 0.3 is 0 Å². The van der Waals surface area contributed by atoms with Crippen LogP contribution in [0.25, 0.3) is 0 Å². The number of para-hydroxylation sites is 1. The first-order valence-electron chi connectivity index (χ1n) is 14.1. The molecule has 1 atom stereocenters. The summed E-state index contributed by atoms with van der Waals surface area (Å²) in [4.78, 5) is 18.4. The van der Waals surface area contributed by atoms with Gasteiger partial charge in [-0.3, -0.25) is 4.79 Å². The Bertz CT molecular complexity index is 1030. The molecule has 1 N–H and O–H groups in total. The van der Waals surface area contributed by atoms with Crippen molar-refractivity contribution >= 4 is 35.5 Å². The van der Waals surface area contributed by atoms with Crippen LogP contribution >= 0.6 is 23.9 Å². The third kappa shape index (κ3) is 6.70. The fourth-order valence-electron chi connectivity index (χ4n) is 6.09. The van der Waals surface area contributed by atoms with Crippen LogP contribution in [-0.4, -0.2) is 79.6 Å². The number of carbonyl (C=O) groups is 1. The van der Waals surface area contributed by atoms with E-state index in [0.29, 0.717) is 13.2 Å². The Morgan fingerprint density at radius 3 is 2.50 bits per heavy atom. The van der Waals surface area contributed by atoms with E-state index in [9.17, 15) is 4.79 Å². The van der Waals surface area contributed by atoms with E-state index in [0.717, 1.165) is 50.3 Å². The molecule has 0 bridgehead atoms. The molecule has 1 unspecified atom stereocenters. The fourth-order valence-corrected chi connectivity index (χ4v) is 7.66. The van der Waals surface area contributed by atoms with Gasteiger partial charge < -0.3 is 18.8 Å². The summed E-state index contributed by atoms with van der Waals surface area (Å²) in [5, 5.41) is 0. The first-order chi connectivity index (χ1) is 18.7. The predicted octanol–water partition coefficient (Wildman–Crippen LogP) is 4.95. The molecule has 38 heavy (non-hydrogen) atoms. The van der Waals surface area contributed by atoms with E-state index in [4.69, 9.17) is 4.74 Å². The predicted molar refractivity (Wildman–Crippen MR) is 161 cm³/mol. The average Bonchev–Trinajstić information content (AvgIpc) is 3.28. The SMILES string of the molecule is CSN1CC2(CCN(C(=O)C(COCc3ccccc3)NSCCN3CCCCC3)CC2)c2ccccc21. The van der Waals surface area contributed by atoms with E-state index in [1.54, 1.807) is 23.9 Å². The molecule has 8 heteroatoms. The number of amides is 1. The molecule has 0 radical (unpaired) electrons. The normalized spacial score (nSPS) is 20.0. The highest BCUT2D eigenvalue weighted by Crippen LogP contribution is 2.48. The summed E-state index contributed by atoms with van der Waals surface area (Å²) in [6.45, 7) is 7.01. The number of piperidine rings is 2. The van der Waals surface area contributed by atoms with Crippen molar-refractivity contribution in [3.8, 4) is 0 Å². The number of anilines is 1. The van der Waals surface area contributed by atoms with Gasteiger partial charge in [0.1, 0.15) is 6.04 Å². The Morgan fingerprint density at radius 2 is 1.74 bits per heavy atom. The fraction of sp³-hybridized carbons (Fsp3) is 0.567. The van der Waals surface area contributed by atoms with Crippen molar-refractivity contribution in [1.29, 1.82) is 0 Å². The lowest BCUT2D eigenvalue weighted by molar-refractivity contribution is -0.136. The summed E-state index contributed by atoms with van der Waals surface area (Å²) in [6, 6.07) is 18.7. The van der Waals surface area contributed by atoms with Gasteiger partial charge in [-0.05, 0) is 56.0 Å². The third-order valence-corrected chi connectivity index (χ3v) is 9.93. The lowest BCUT2D eigenvalue weighted by Gasteiger charge is -2.41. The van der Waals surface area contributed by atoms with Crippen molar-refractivity contribution in [1.82, 2.24) is 14.5 Å². The minimum Gasteiger partial charge on any atom is -0.375 e. The Kier molecular flexibility index (Phi) is 9.95. The van der Waals surface area contributed by atoms with Gasteiger partial charge in [-0.25, -0.2) is 4.72 Å². The molecule has 2 fully saturated rings. The molecule has 3 heterocycles. The van der Waals surface area contributed by atoms with Crippen molar-refractivity contribution in [2.75, 3.05) is 62.2 Å². The minimum absolute atomic E-state index is 0.145. The van der Waals surface area contributed by atoms with E-state index < -0.39 is 0 Å². The number of nitrogens with zero attached hydrogens (tertiary/aromatic N) is 3. The molecule has 2 aromatic rings. The molecule has 0 aromatic heterocycles. The van der Waals surface area contributed by atoms with E-state index in [2.05, 4.69) is 61.5 Å². The highest BCUT2D eigenvalue weighted by molar-refractivity contribution is 8.00. The van der Waals surface area contributed by atoms with Crippen LogP contribution in [0.4, 0.5) is 5.69 Å². The molecule has 206 valence electrons. The van der Waals surface area contributed by atoms with Gasteiger partial charge in [-0.15, -0.1) is 0 Å². The van der Waals surface area contributed by atoms with Crippen LogP contribution in [0, 0.1) is 0 Å². The third-order valence-electron chi connectivity index (χ3n) is 8.32. The van der Waals surface area contributed by atoms with Gasteiger partial charge in [0, 0.05) is 43.6 Å². The van der Waals surface area contributed by atoms with Crippen molar-refractivity contribution in [2.45, 2.75) is 50.2 Å². The zero-order chi connectivity index (χ0) is 26.2. The monoisotopic (exact) mass is 554 g/mol.